The van der Waals surface area contributed by atoms with Crippen LogP contribution in [0.1, 0.15) is 0 Å². The van der Waals surface area contributed by atoms with Crippen LogP contribution >= 0.6 is 0 Å². The summed E-state index contributed by atoms with van der Waals surface area (Å²) in [6.45, 7) is 0. The number of pyridine rings is 1. The molecule has 45 heavy (non-hydrogen) atoms. The zero-order valence-electron chi connectivity index (χ0n) is 24.2. The highest BCUT2D eigenvalue weighted by Gasteiger charge is 2.27. The molecule has 0 spiro atoms. The molecule has 0 saturated carbocycles. The van der Waals surface area contributed by atoms with Crippen molar-refractivity contribution in [2.45, 2.75) is 0 Å². The van der Waals surface area contributed by atoms with Crippen LogP contribution in [0.25, 0.3) is 71.7 Å². The minimum atomic E-state index is 0.891. The zero-order chi connectivity index (χ0) is 29.5. The van der Waals surface area contributed by atoms with Crippen LogP contribution in [-0.2, 0) is 0 Å². The maximum atomic E-state index is 6.18. The van der Waals surface area contributed by atoms with E-state index in [4.69, 9.17) is 4.42 Å². The molecule has 3 aromatic heterocycles. The Kier molecular flexibility index (Phi) is 4.96. The summed E-state index contributed by atoms with van der Waals surface area (Å²) in [5.74, 6) is 0. The van der Waals surface area contributed by atoms with E-state index >= 15 is 0 Å². The summed E-state index contributed by atoms with van der Waals surface area (Å²) in [6.07, 6.45) is 3.88. The van der Waals surface area contributed by atoms with Crippen molar-refractivity contribution in [3.05, 3.63) is 152 Å². The minimum absolute atomic E-state index is 0.891. The molecule has 0 radical (unpaired) electrons. The summed E-state index contributed by atoms with van der Waals surface area (Å²) < 4.78 is 8.56. The second-order valence-corrected chi connectivity index (χ2v) is 11.6. The molecule has 4 heterocycles. The van der Waals surface area contributed by atoms with Gasteiger partial charge in [-0.05, 0) is 77.9 Å². The van der Waals surface area contributed by atoms with E-state index in [-0.39, 0.29) is 0 Å². The number of para-hydroxylation sites is 4. The van der Waals surface area contributed by atoms with Crippen LogP contribution < -0.4 is 4.90 Å². The summed E-state index contributed by atoms with van der Waals surface area (Å²) >= 11 is 0. The summed E-state index contributed by atoms with van der Waals surface area (Å²) in [5.41, 5.74) is 13.4. The molecule has 4 heteroatoms. The van der Waals surface area contributed by atoms with Gasteiger partial charge < -0.3 is 13.9 Å². The predicted octanol–water partition coefficient (Wildman–Crippen LogP) is 11.2. The van der Waals surface area contributed by atoms with Gasteiger partial charge in [-0.3, -0.25) is 4.98 Å². The SMILES string of the molecule is c1ccc(N2c3ccccc3-c3cc4c5cnccc5n(-c5ccc6oc7ccccc7c6c5)c4cc3-c3ccccc32)cc1. The van der Waals surface area contributed by atoms with E-state index in [0.717, 1.165) is 61.1 Å². The molecular weight excluding hydrogens is 550 g/mol. The average molecular weight is 576 g/mol. The van der Waals surface area contributed by atoms with Crippen molar-refractivity contribution in [3.63, 3.8) is 0 Å². The van der Waals surface area contributed by atoms with Gasteiger partial charge in [-0.25, -0.2) is 0 Å². The number of benzene rings is 6. The number of anilines is 3. The largest absolute Gasteiger partial charge is 0.456 e. The lowest BCUT2D eigenvalue weighted by atomic mass is 9.93. The number of rotatable bonds is 2. The van der Waals surface area contributed by atoms with Gasteiger partial charge >= 0.3 is 0 Å². The molecule has 10 rings (SSSR count). The molecule has 1 aliphatic heterocycles. The third-order valence-electron chi connectivity index (χ3n) is 9.21. The molecule has 0 unspecified atom stereocenters. The first-order chi connectivity index (χ1) is 22.3. The van der Waals surface area contributed by atoms with Crippen molar-refractivity contribution in [3.8, 4) is 27.9 Å². The molecule has 4 nitrogen and oxygen atoms in total. The highest BCUT2D eigenvalue weighted by molar-refractivity contribution is 6.15. The highest BCUT2D eigenvalue weighted by atomic mass is 16.3. The first-order valence-corrected chi connectivity index (χ1v) is 15.2. The Morgan fingerprint density at radius 3 is 1.96 bits per heavy atom. The van der Waals surface area contributed by atoms with E-state index in [1.807, 2.05) is 24.5 Å². The molecule has 0 amide bonds. The molecule has 0 N–H and O–H groups in total. The van der Waals surface area contributed by atoms with Crippen molar-refractivity contribution in [1.82, 2.24) is 9.55 Å². The lowest BCUT2D eigenvalue weighted by Gasteiger charge is -2.27. The molecule has 210 valence electrons. The quantitative estimate of drug-likeness (QED) is 0.206. The van der Waals surface area contributed by atoms with Crippen LogP contribution in [0.4, 0.5) is 17.1 Å². The summed E-state index contributed by atoms with van der Waals surface area (Å²) in [6, 6.07) is 49.8. The Morgan fingerprint density at radius 2 is 1.13 bits per heavy atom. The van der Waals surface area contributed by atoms with E-state index < -0.39 is 0 Å². The second kappa shape index (κ2) is 9.18. The van der Waals surface area contributed by atoms with Gasteiger partial charge in [-0.1, -0.05) is 72.8 Å². The fourth-order valence-corrected chi connectivity index (χ4v) is 7.26. The maximum Gasteiger partial charge on any atom is 0.135 e. The van der Waals surface area contributed by atoms with Crippen LogP contribution in [0.5, 0.6) is 0 Å². The van der Waals surface area contributed by atoms with E-state index in [1.165, 1.54) is 27.6 Å². The van der Waals surface area contributed by atoms with Gasteiger partial charge in [0.1, 0.15) is 11.2 Å². The minimum Gasteiger partial charge on any atom is -0.456 e. The number of furan rings is 1. The third-order valence-corrected chi connectivity index (χ3v) is 9.21. The van der Waals surface area contributed by atoms with Gasteiger partial charge in [0.25, 0.3) is 0 Å². The predicted molar refractivity (Wildman–Crippen MR) is 185 cm³/mol. The van der Waals surface area contributed by atoms with Crippen molar-refractivity contribution >= 4 is 60.8 Å². The van der Waals surface area contributed by atoms with Crippen molar-refractivity contribution in [2.24, 2.45) is 0 Å². The Hall–Kier alpha value is -6.13. The Labute approximate surface area is 259 Å². The van der Waals surface area contributed by atoms with E-state index in [2.05, 4.69) is 142 Å². The number of aromatic nitrogens is 2. The number of nitrogens with zero attached hydrogens (tertiary/aromatic N) is 3. The molecule has 1 aliphatic rings. The first-order valence-electron chi connectivity index (χ1n) is 15.2. The van der Waals surface area contributed by atoms with Crippen molar-refractivity contribution in [2.75, 3.05) is 4.90 Å². The normalized spacial score (nSPS) is 12.4. The summed E-state index contributed by atoms with van der Waals surface area (Å²) in [4.78, 5) is 6.97. The fraction of sp³-hybridized carbons (Fsp3) is 0. The van der Waals surface area contributed by atoms with Crippen LogP contribution in [0, 0.1) is 0 Å². The standard InChI is InChI=1S/C41H25N3O/c1-2-10-26(11-3-1)43-36-15-7-4-12-28(36)31-23-33-35-25-42-21-20-38(35)44(39(33)24-32(31)29-13-5-8-16-37(29)43)27-18-19-41-34(22-27)30-14-6-9-17-40(30)45-41/h1-25H. The van der Waals surface area contributed by atoms with Crippen LogP contribution in [0.15, 0.2) is 156 Å². The van der Waals surface area contributed by atoms with E-state index in [0.29, 0.717) is 0 Å². The molecular formula is C41H25N3O. The van der Waals surface area contributed by atoms with Gasteiger partial charge in [0.15, 0.2) is 0 Å². The Bertz CT molecular complexity index is 2610. The first kappa shape index (κ1) is 24.3. The lowest BCUT2D eigenvalue weighted by molar-refractivity contribution is 0.669. The lowest BCUT2D eigenvalue weighted by Crippen LogP contribution is -2.10. The molecule has 6 aromatic carbocycles. The topological polar surface area (TPSA) is 34.2 Å². The molecule has 0 fully saturated rings. The smallest absolute Gasteiger partial charge is 0.135 e. The number of hydrogen-bond donors (Lipinski definition) is 0. The number of fused-ring (bicyclic) bond motifs is 11. The van der Waals surface area contributed by atoms with Crippen molar-refractivity contribution in [1.29, 1.82) is 0 Å². The van der Waals surface area contributed by atoms with Crippen LogP contribution in [0.2, 0.25) is 0 Å². The third kappa shape index (κ3) is 3.45. The Morgan fingerprint density at radius 1 is 0.444 bits per heavy atom. The van der Waals surface area contributed by atoms with E-state index in [9.17, 15) is 0 Å². The van der Waals surface area contributed by atoms with Gasteiger partial charge in [0.05, 0.1) is 22.4 Å². The number of hydrogen-bond acceptors (Lipinski definition) is 3. The molecule has 0 saturated heterocycles. The molecule has 0 atom stereocenters. The fourth-order valence-electron chi connectivity index (χ4n) is 7.26. The van der Waals surface area contributed by atoms with E-state index in [1.54, 1.807) is 0 Å². The second-order valence-electron chi connectivity index (χ2n) is 11.6. The zero-order valence-corrected chi connectivity index (χ0v) is 24.2. The summed E-state index contributed by atoms with van der Waals surface area (Å²) in [5, 5.41) is 4.54. The highest BCUT2D eigenvalue weighted by Crippen LogP contribution is 2.52. The van der Waals surface area contributed by atoms with Gasteiger partial charge in [0.2, 0.25) is 0 Å². The maximum absolute atomic E-state index is 6.18. The van der Waals surface area contributed by atoms with Gasteiger partial charge in [0, 0.05) is 56.4 Å². The molecule has 0 bridgehead atoms. The van der Waals surface area contributed by atoms with Crippen LogP contribution in [-0.4, -0.2) is 9.55 Å². The van der Waals surface area contributed by atoms with Gasteiger partial charge in [-0.15, -0.1) is 0 Å². The van der Waals surface area contributed by atoms with Gasteiger partial charge in [-0.2, -0.15) is 0 Å². The molecule has 0 aliphatic carbocycles. The Balaban J connectivity index is 1.32. The van der Waals surface area contributed by atoms with Crippen molar-refractivity contribution < 1.29 is 4.42 Å². The van der Waals surface area contributed by atoms with Crippen LogP contribution in [0.3, 0.4) is 0 Å². The molecule has 9 aromatic rings. The average Bonchev–Trinajstić information content (AvgIpc) is 3.60. The monoisotopic (exact) mass is 575 g/mol. The summed E-state index contributed by atoms with van der Waals surface area (Å²) in [7, 11) is 0.